The Bertz CT molecular complexity index is 977. The lowest BCUT2D eigenvalue weighted by Gasteiger charge is -2.23. The van der Waals surface area contributed by atoms with Gasteiger partial charge >= 0.3 is 0 Å². The van der Waals surface area contributed by atoms with Crippen molar-refractivity contribution >= 4 is 27.5 Å². The molecule has 8 nitrogen and oxygen atoms in total. The maximum Gasteiger partial charge on any atom is 0.233 e. The summed E-state index contributed by atoms with van der Waals surface area (Å²) < 4.78 is 31.3. The van der Waals surface area contributed by atoms with Gasteiger partial charge in [-0.15, -0.1) is 10.2 Å². The Morgan fingerprint density at radius 3 is 2.68 bits per heavy atom. The molecule has 170 valence electrons. The predicted octanol–water partition coefficient (Wildman–Crippen LogP) is 2.64. The molecule has 10 heteroatoms. The van der Waals surface area contributed by atoms with Crippen LogP contribution in [0.1, 0.15) is 32.5 Å². The molecular formula is C21H30N4O4S2. The number of ether oxygens (including phenoxy) is 1. The Kier molecular flexibility index (Phi) is 7.99. The number of thioether (sulfide) groups is 1. The van der Waals surface area contributed by atoms with Gasteiger partial charge in [-0.3, -0.25) is 4.79 Å². The summed E-state index contributed by atoms with van der Waals surface area (Å²) in [5, 5.41) is 9.25. The van der Waals surface area contributed by atoms with E-state index in [1.54, 1.807) is 11.9 Å². The zero-order valence-electron chi connectivity index (χ0n) is 18.2. The second kappa shape index (κ2) is 10.5. The minimum absolute atomic E-state index is 0.0471. The van der Waals surface area contributed by atoms with E-state index in [2.05, 4.69) is 24.0 Å². The molecule has 0 saturated carbocycles. The Morgan fingerprint density at radius 1 is 1.29 bits per heavy atom. The van der Waals surface area contributed by atoms with E-state index in [9.17, 15) is 13.2 Å². The third-order valence-electron chi connectivity index (χ3n) is 5.31. The van der Waals surface area contributed by atoms with Crippen LogP contribution in [-0.2, 0) is 27.8 Å². The summed E-state index contributed by atoms with van der Waals surface area (Å²) in [6, 6.07) is 9.30. The first-order valence-electron chi connectivity index (χ1n) is 10.4. The second-order valence-electron chi connectivity index (χ2n) is 8.18. The molecule has 1 aromatic heterocycles. The van der Waals surface area contributed by atoms with E-state index in [0.717, 1.165) is 24.5 Å². The monoisotopic (exact) mass is 466 g/mol. The van der Waals surface area contributed by atoms with Crippen molar-refractivity contribution in [1.29, 1.82) is 0 Å². The van der Waals surface area contributed by atoms with Crippen molar-refractivity contribution in [3.8, 4) is 5.75 Å². The number of carbonyl (C=O) groups excluding carboxylic acids is 1. The molecule has 2 heterocycles. The van der Waals surface area contributed by atoms with Gasteiger partial charge in [0.1, 0.15) is 12.4 Å². The van der Waals surface area contributed by atoms with Gasteiger partial charge in [0.2, 0.25) is 5.91 Å². The Morgan fingerprint density at radius 2 is 2.03 bits per heavy atom. The predicted molar refractivity (Wildman–Crippen MR) is 121 cm³/mol. The lowest BCUT2D eigenvalue weighted by atomic mass is 10.1. The maximum atomic E-state index is 12.6. The van der Waals surface area contributed by atoms with Gasteiger partial charge in [-0.25, -0.2) is 8.42 Å². The van der Waals surface area contributed by atoms with Crippen molar-refractivity contribution in [3.05, 3.63) is 36.2 Å². The van der Waals surface area contributed by atoms with Crippen LogP contribution in [0.2, 0.25) is 0 Å². The highest BCUT2D eigenvalue weighted by atomic mass is 32.2. The van der Waals surface area contributed by atoms with Gasteiger partial charge in [-0.05, 0) is 30.9 Å². The molecule has 3 rings (SSSR count). The van der Waals surface area contributed by atoms with E-state index >= 15 is 0 Å². The molecular weight excluding hydrogens is 436 g/mol. The van der Waals surface area contributed by atoms with Crippen LogP contribution in [0.5, 0.6) is 5.75 Å². The Hall–Kier alpha value is -2.07. The second-order valence-corrected chi connectivity index (χ2v) is 11.4. The minimum atomic E-state index is -3.03. The summed E-state index contributed by atoms with van der Waals surface area (Å²) >= 11 is 1.33. The van der Waals surface area contributed by atoms with E-state index in [-0.39, 0.29) is 29.2 Å². The molecule has 1 saturated heterocycles. The van der Waals surface area contributed by atoms with Gasteiger partial charge in [0.05, 0.1) is 17.3 Å². The van der Waals surface area contributed by atoms with Gasteiger partial charge in [0.15, 0.2) is 20.8 Å². The lowest BCUT2D eigenvalue weighted by molar-refractivity contribution is -0.128. The zero-order valence-corrected chi connectivity index (χ0v) is 19.9. The van der Waals surface area contributed by atoms with Crippen LogP contribution in [0.15, 0.2) is 35.5 Å². The summed E-state index contributed by atoms with van der Waals surface area (Å²) in [7, 11) is -1.35. The van der Waals surface area contributed by atoms with Crippen LogP contribution >= 0.6 is 11.8 Å². The van der Waals surface area contributed by atoms with Crippen LogP contribution in [0.3, 0.4) is 0 Å². The standard InChI is InChI=1S/C21H30N4O4S2/c1-16(2)9-11-25-19(13-29-18-7-5-4-6-8-18)22-23-21(25)30-14-20(26)24(3)17-10-12-31(27,28)15-17/h4-8,16-17H,9-15H2,1-3H3. The summed E-state index contributed by atoms with van der Waals surface area (Å²) in [4.78, 5) is 14.2. The first kappa shape index (κ1) is 23.6. The molecule has 1 aromatic carbocycles. The van der Waals surface area contributed by atoms with Crippen molar-refractivity contribution in [2.24, 2.45) is 5.92 Å². The SMILES string of the molecule is CC(C)CCn1c(COc2ccccc2)nnc1SCC(=O)N(C)C1CCS(=O)(=O)C1. The average molecular weight is 467 g/mol. The number of sulfone groups is 1. The lowest BCUT2D eigenvalue weighted by Crippen LogP contribution is -2.38. The van der Waals surface area contributed by atoms with E-state index in [1.807, 2.05) is 34.9 Å². The van der Waals surface area contributed by atoms with Crippen LogP contribution in [0.4, 0.5) is 0 Å². The summed E-state index contributed by atoms with van der Waals surface area (Å²) in [5.74, 6) is 2.27. The molecule has 0 N–H and O–H groups in total. The summed E-state index contributed by atoms with van der Waals surface area (Å²) in [5.41, 5.74) is 0. The molecule has 2 aromatic rings. The number of carbonyl (C=O) groups is 1. The van der Waals surface area contributed by atoms with Crippen LogP contribution in [0, 0.1) is 5.92 Å². The number of hydrogen-bond acceptors (Lipinski definition) is 7. The van der Waals surface area contributed by atoms with Gasteiger partial charge < -0.3 is 14.2 Å². The molecule has 0 bridgehead atoms. The highest BCUT2D eigenvalue weighted by molar-refractivity contribution is 7.99. The normalized spacial score (nSPS) is 17.7. The number of amides is 1. The first-order valence-corrected chi connectivity index (χ1v) is 13.2. The Labute approximate surface area is 188 Å². The van der Waals surface area contributed by atoms with Gasteiger partial charge in [-0.1, -0.05) is 43.8 Å². The highest BCUT2D eigenvalue weighted by Gasteiger charge is 2.32. The summed E-state index contributed by atoms with van der Waals surface area (Å²) in [6.07, 6.45) is 1.46. The number of rotatable bonds is 10. The maximum absolute atomic E-state index is 12.6. The number of hydrogen-bond donors (Lipinski definition) is 0. The molecule has 1 aliphatic heterocycles. The molecule has 31 heavy (non-hydrogen) atoms. The van der Waals surface area contributed by atoms with Crippen molar-refractivity contribution < 1.29 is 17.9 Å². The zero-order chi connectivity index (χ0) is 22.4. The third kappa shape index (κ3) is 6.70. The van der Waals surface area contributed by atoms with Crippen molar-refractivity contribution in [3.63, 3.8) is 0 Å². The minimum Gasteiger partial charge on any atom is -0.486 e. The van der Waals surface area contributed by atoms with Gasteiger partial charge in [0.25, 0.3) is 0 Å². The molecule has 0 aliphatic carbocycles. The topological polar surface area (TPSA) is 94.4 Å². The summed E-state index contributed by atoms with van der Waals surface area (Å²) in [6.45, 7) is 5.35. The van der Waals surface area contributed by atoms with Crippen molar-refractivity contribution in [1.82, 2.24) is 19.7 Å². The number of aromatic nitrogens is 3. The number of para-hydroxylation sites is 1. The molecule has 1 fully saturated rings. The van der Waals surface area contributed by atoms with E-state index < -0.39 is 9.84 Å². The van der Waals surface area contributed by atoms with Gasteiger partial charge in [-0.2, -0.15) is 0 Å². The largest absolute Gasteiger partial charge is 0.486 e. The molecule has 1 amide bonds. The molecule has 0 radical (unpaired) electrons. The quantitative estimate of drug-likeness (QED) is 0.497. The average Bonchev–Trinajstić information content (AvgIpc) is 3.31. The van der Waals surface area contributed by atoms with Crippen molar-refractivity contribution in [2.45, 2.75) is 51.0 Å². The molecule has 1 unspecified atom stereocenters. The van der Waals surface area contributed by atoms with E-state index in [0.29, 0.717) is 24.1 Å². The fraction of sp³-hybridized carbons (Fsp3) is 0.571. The number of benzene rings is 1. The molecule has 1 atom stereocenters. The van der Waals surface area contributed by atoms with Gasteiger partial charge in [0, 0.05) is 19.6 Å². The third-order valence-corrected chi connectivity index (χ3v) is 8.01. The first-order chi connectivity index (χ1) is 14.7. The van der Waals surface area contributed by atoms with Crippen LogP contribution in [-0.4, -0.2) is 64.3 Å². The molecule has 1 aliphatic rings. The van der Waals surface area contributed by atoms with Crippen LogP contribution in [0.25, 0.3) is 0 Å². The number of nitrogens with zero attached hydrogens (tertiary/aromatic N) is 4. The Balaban J connectivity index is 1.63. The molecule has 0 spiro atoms. The fourth-order valence-corrected chi connectivity index (χ4v) is 6.00. The van der Waals surface area contributed by atoms with E-state index in [4.69, 9.17) is 4.74 Å². The van der Waals surface area contributed by atoms with Crippen molar-refractivity contribution in [2.75, 3.05) is 24.3 Å². The fourth-order valence-electron chi connectivity index (χ4n) is 3.32. The van der Waals surface area contributed by atoms with Crippen LogP contribution < -0.4 is 4.74 Å². The van der Waals surface area contributed by atoms with E-state index in [1.165, 1.54) is 11.8 Å². The highest BCUT2D eigenvalue weighted by Crippen LogP contribution is 2.22. The smallest absolute Gasteiger partial charge is 0.233 e.